The van der Waals surface area contributed by atoms with Gasteiger partial charge in [-0.1, -0.05) is 19.1 Å². The minimum atomic E-state index is -0.225. The Kier molecular flexibility index (Phi) is 4.03. The van der Waals surface area contributed by atoms with E-state index in [2.05, 4.69) is 5.32 Å². The second-order valence-electron chi connectivity index (χ2n) is 3.15. The summed E-state index contributed by atoms with van der Waals surface area (Å²) in [6, 6.07) is 4.96. The van der Waals surface area contributed by atoms with Crippen molar-refractivity contribution >= 4 is 12.0 Å². The third-order valence-electron chi connectivity index (χ3n) is 2.13. The third kappa shape index (κ3) is 3.20. The van der Waals surface area contributed by atoms with Crippen LogP contribution in [0.4, 0.5) is 4.39 Å². The van der Waals surface area contributed by atoms with Crippen molar-refractivity contribution in [3.63, 3.8) is 0 Å². The second-order valence-corrected chi connectivity index (χ2v) is 3.15. The van der Waals surface area contributed by atoms with Crippen LogP contribution in [0.15, 0.2) is 24.3 Å². The lowest BCUT2D eigenvalue weighted by Crippen LogP contribution is -2.13. The van der Waals surface area contributed by atoms with Gasteiger partial charge in [0.25, 0.3) is 0 Å². The highest BCUT2D eigenvalue weighted by molar-refractivity contribution is 5.91. The van der Waals surface area contributed by atoms with Crippen LogP contribution in [0.25, 0.3) is 6.08 Å². The van der Waals surface area contributed by atoms with Crippen LogP contribution in [0.3, 0.4) is 0 Å². The number of rotatable bonds is 3. The number of carbonyl (C=O) groups excluding carboxylic acids is 1. The van der Waals surface area contributed by atoms with Gasteiger partial charge in [-0.05, 0) is 29.7 Å². The van der Waals surface area contributed by atoms with E-state index in [-0.39, 0.29) is 11.7 Å². The summed E-state index contributed by atoms with van der Waals surface area (Å²) in [5.74, 6) is -0.425. The molecule has 0 atom stereocenters. The smallest absolute Gasteiger partial charge is 0.243 e. The number of halogens is 1. The molecule has 0 fully saturated rings. The van der Waals surface area contributed by atoms with Crippen molar-refractivity contribution in [1.82, 2.24) is 5.32 Å². The highest BCUT2D eigenvalue weighted by atomic mass is 19.1. The van der Waals surface area contributed by atoms with Gasteiger partial charge in [0.15, 0.2) is 0 Å². The Morgan fingerprint density at radius 2 is 2.27 bits per heavy atom. The number of likely N-dealkylation sites (N-methyl/N-ethyl adjacent to an activating group) is 1. The lowest BCUT2D eigenvalue weighted by molar-refractivity contribution is -0.115. The second kappa shape index (κ2) is 5.29. The monoisotopic (exact) mass is 207 g/mol. The van der Waals surface area contributed by atoms with Gasteiger partial charge < -0.3 is 5.32 Å². The number of hydrogen-bond donors (Lipinski definition) is 1. The van der Waals surface area contributed by atoms with E-state index < -0.39 is 0 Å². The Balaban J connectivity index is 2.84. The first-order valence-electron chi connectivity index (χ1n) is 4.85. The maximum absolute atomic E-state index is 13.3. The first kappa shape index (κ1) is 11.4. The molecule has 1 N–H and O–H groups in total. The molecule has 0 radical (unpaired) electrons. The highest BCUT2D eigenvalue weighted by Gasteiger charge is 1.99. The van der Waals surface area contributed by atoms with E-state index in [1.54, 1.807) is 25.3 Å². The fraction of sp³-hybridized carbons (Fsp3) is 0.250. The van der Waals surface area contributed by atoms with Gasteiger partial charge in [-0.25, -0.2) is 4.39 Å². The molecule has 0 spiro atoms. The van der Waals surface area contributed by atoms with Gasteiger partial charge >= 0.3 is 0 Å². The summed E-state index contributed by atoms with van der Waals surface area (Å²) >= 11 is 0. The molecule has 0 heterocycles. The summed E-state index contributed by atoms with van der Waals surface area (Å²) in [5, 5.41) is 2.45. The molecule has 1 aromatic carbocycles. The molecule has 0 unspecified atom stereocenters. The van der Waals surface area contributed by atoms with Crippen LogP contribution in [0.2, 0.25) is 0 Å². The van der Waals surface area contributed by atoms with Crippen LogP contribution in [0.1, 0.15) is 18.1 Å². The SMILES string of the molecule is CCc1ccc(/C=C/C(=O)NC)cc1F. The van der Waals surface area contributed by atoms with Crippen molar-refractivity contribution in [3.05, 3.63) is 41.2 Å². The van der Waals surface area contributed by atoms with E-state index in [9.17, 15) is 9.18 Å². The average Bonchev–Trinajstić information content (AvgIpc) is 2.26. The standard InChI is InChI=1S/C12H14FNO/c1-3-10-6-4-9(8-11(10)13)5-7-12(15)14-2/h4-8H,3H2,1-2H3,(H,14,15)/b7-5+. The lowest BCUT2D eigenvalue weighted by Gasteiger charge is -2.00. The van der Waals surface area contributed by atoms with E-state index >= 15 is 0 Å². The zero-order valence-electron chi connectivity index (χ0n) is 8.88. The molecule has 1 amide bonds. The Morgan fingerprint density at radius 1 is 1.53 bits per heavy atom. The molecule has 0 bridgehead atoms. The van der Waals surface area contributed by atoms with Crippen molar-refractivity contribution < 1.29 is 9.18 Å². The number of benzene rings is 1. The van der Waals surface area contributed by atoms with Crippen molar-refractivity contribution in [3.8, 4) is 0 Å². The number of amides is 1. The quantitative estimate of drug-likeness (QED) is 0.756. The molecule has 0 saturated heterocycles. The highest BCUT2D eigenvalue weighted by Crippen LogP contribution is 2.12. The number of aryl methyl sites for hydroxylation is 1. The molecule has 2 nitrogen and oxygen atoms in total. The Hall–Kier alpha value is -1.64. The third-order valence-corrected chi connectivity index (χ3v) is 2.13. The Labute approximate surface area is 88.8 Å². The fourth-order valence-electron chi connectivity index (χ4n) is 1.21. The molecule has 0 aliphatic heterocycles. The molecule has 0 aliphatic carbocycles. The Morgan fingerprint density at radius 3 is 2.80 bits per heavy atom. The van der Waals surface area contributed by atoms with Gasteiger partial charge in [0.05, 0.1) is 0 Å². The van der Waals surface area contributed by atoms with Crippen molar-refractivity contribution in [2.24, 2.45) is 0 Å². The fourth-order valence-corrected chi connectivity index (χ4v) is 1.21. The number of nitrogens with one attached hydrogen (secondary N) is 1. The minimum absolute atomic E-state index is 0.199. The van der Waals surface area contributed by atoms with Crippen LogP contribution in [-0.4, -0.2) is 13.0 Å². The van der Waals surface area contributed by atoms with Crippen LogP contribution < -0.4 is 5.32 Å². The maximum atomic E-state index is 13.3. The first-order chi connectivity index (χ1) is 7.17. The average molecular weight is 207 g/mol. The molecular weight excluding hydrogens is 193 g/mol. The maximum Gasteiger partial charge on any atom is 0.243 e. The van der Waals surface area contributed by atoms with Crippen molar-refractivity contribution in [2.75, 3.05) is 7.05 Å². The summed E-state index contributed by atoms with van der Waals surface area (Å²) in [7, 11) is 1.55. The summed E-state index contributed by atoms with van der Waals surface area (Å²) in [4.78, 5) is 10.9. The molecule has 0 aromatic heterocycles. The summed E-state index contributed by atoms with van der Waals surface area (Å²) in [6.45, 7) is 1.90. The van der Waals surface area contributed by atoms with Crippen LogP contribution in [-0.2, 0) is 11.2 Å². The van der Waals surface area contributed by atoms with Gasteiger partial charge in [-0.15, -0.1) is 0 Å². The minimum Gasteiger partial charge on any atom is -0.356 e. The first-order valence-corrected chi connectivity index (χ1v) is 4.85. The molecule has 3 heteroatoms. The van der Waals surface area contributed by atoms with Gasteiger partial charge in [-0.3, -0.25) is 4.79 Å². The van der Waals surface area contributed by atoms with E-state index in [4.69, 9.17) is 0 Å². The van der Waals surface area contributed by atoms with Gasteiger partial charge in [0.2, 0.25) is 5.91 Å². The number of hydrogen-bond acceptors (Lipinski definition) is 1. The summed E-state index contributed by atoms with van der Waals surface area (Å²) < 4.78 is 13.3. The molecule has 1 rings (SSSR count). The van der Waals surface area contributed by atoms with E-state index in [1.165, 1.54) is 12.1 Å². The van der Waals surface area contributed by atoms with Gasteiger partial charge in [0.1, 0.15) is 5.82 Å². The van der Waals surface area contributed by atoms with Crippen LogP contribution in [0, 0.1) is 5.82 Å². The van der Waals surface area contributed by atoms with Crippen LogP contribution in [0.5, 0.6) is 0 Å². The van der Waals surface area contributed by atoms with Crippen molar-refractivity contribution in [1.29, 1.82) is 0 Å². The van der Waals surface area contributed by atoms with Crippen molar-refractivity contribution in [2.45, 2.75) is 13.3 Å². The molecular formula is C12H14FNO. The number of carbonyl (C=O) groups is 1. The normalized spacial score (nSPS) is 10.6. The largest absolute Gasteiger partial charge is 0.356 e. The molecule has 15 heavy (non-hydrogen) atoms. The van der Waals surface area contributed by atoms with Crippen LogP contribution >= 0.6 is 0 Å². The summed E-state index contributed by atoms with van der Waals surface area (Å²) in [6.07, 6.45) is 3.63. The molecule has 80 valence electrons. The zero-order valence-corrected chi connectivity index (χ0v) is 8.88. The predicted molar refractivity (Wildman–Crippen MR) is 58.9 cm³/mol. The van der Waals surface area contributed by atoms with E-state index in [0.717, 1.165) is 0 Å². The van der Waals surface area contributed by atoms with E-state index in [0.29, 0.717) is 17.5 Å². The lowest BCUT2D eigenvalue weighted by atomic mass is 10.1. The Bertz CT molecular complexity index is 385. The molecule has 0 saturated carbocycles. The summed E-state index contributed by atoms with van der Waals surface area (Å²) in [5.41, 5.74) is 1.38. The van der Waals surface area contributed by atoms with E-state index in [1.807, 2.05) is 6.92 Å². The topological polar surface area (TPSA) is 29.1 Å². The molecule has 0 aliphatic rings. The van der Waals surface area contributed by atoms with Gasteiger partial charge in [0, 0.05) is 13.1 Å². The molecule has 1 aromatic rings. The predicted octanol–water partition coefficient (Wildman–Crippen LogP) is 2.15. The zero-order chi connectivity index (χ0) is 11.3. The van der Waals surface area contributed by atoms with Gasteiger partial charge in [-0.2, -0.15) is 0 Å².